The van der Waals surface area contributed by atoms with Crippen molar-refractivity contribution >= 4 is 29.5 Å². The Balaban J connectivity index is 1.78. The van der Waals surface area contributed by atoms with E-state index in [9.17, 15) is 9.46 Å². The number of rotatable bonds is 5. The summed E-state index contributed by atoms with van der Waals surface area (Å²) in [6.07, 6.45) is 4.21. The van der Waals surface area contributed by atoms with Crippen LogP contribution in [0, 0.1) is 5.92 Å². The normalized spacial score (nSPS) is 22.5. The van der Waals surface area contributed by atoms with Crippen molar-refractivity contribution in [2.24, 2.45) is 5.92 Å². The summed E-state index contributed by atoms with van der Waals surface area (Å²) in [6, 6.07) is 31.6. The minimum atomic E-state index is -3.94. The summed E-state index contributed by atoms with van der Waals surface area (Å²) in [7, 11) is -2.02. The fourth-order valence-corrected chi connectivity index (χ4v) is 7.90. The smallest absolute Gasteiger partial charge is 0.240 e. The molecule has 0 spiro atoms. The number of hydrogen-bond acceptors (Lipinski definition) is 2. The molecule has 0 fully saturated rings. The molecule has 0 bridgehead atoms. The van der Waals surface area contributed by atoms with Crippen LogP contribution in [0.15, 0.2) is 103 Å². The van der Waals surface area contributed by atoms with Gasteiger partial charge < -0.3 is 10.2 Å². The van der Waals surface area contributed by atoms with E-state index in [-0.39, 0.29) is 12.0 Å². The second-order valence-corrected chi connectivity index (χ2v) is 11.4. The van der Waals surface area contributed by atoms with E-state index in [0.29, 0.717) is 5.30 Å². The van der Waals surface area contributed by atoms with E-state index >= 15 is 0 Å². The van der Waals surface area contributed by atoms with E-state index in [1.54, 1.807) is 0 Å². The molecule has 4 atom stereocenters. The highest BCUT2D eigenvalue weighted by molar-refractivity contribution is 7.67. The minimum absolute atomic E-state index is 0.128. The van der Waals surface area contributed by atoms with Crippen molar-refractivity contribution in [3.8, 4) is 0 Å². The van der Waals surface area contributed by atoms with Crippen LogP contribution >= 0.6 is 7.37 Å². The van der Waals surface area contributed by atoms with Crippen molar-refractivity contribution in [1.82, 2.24) is 5.32 Å². The molecule has 5 rings (SSSR count). The molecular weight excluding hydrogens is 425 g/mol. The van der Waals surface area contributed by atoms with Gasteiger partial charge in [0.05, 0.1) is 5.16 Å². The van der Waals surface area contributed by atoms with E-state index in [1.165, 1.54) is 0 Å². The van der Waals surface area contributed by atoms with Gasteiger partial charge in [-0.25, -0.2) is 0 Å². The van der Waals surface area contributed by atoms with Crippen LogP contribution in [-0.4, -0.2) is 11.9 Å². The maximum absolute atomic E-state index is 14.8. The Morgan fingerprint density at radius 2 is 1.55 bits per heavy atom. The third-order valence-electron chi connectivity index (χ3n) is 7.19. The first-order valence-electron chi connectivity index (χ1n) is 11.3. The quantitative estimate of drug-likeness (QED) is 0.351. The van der Waals surface area contributed by atoms with Crippen LogP contribution in [0.4, 0.5) is 0 Å². The Morgan fingerprint density at radius 1 is 0.879 bits per heavy atom. The summed E-state index contributed by atoms with van der Waals surface area (Å²) in [5.74, 6) is -0.241. The molecule has 0 radical (unpaired) electrons. The summed E-state index contributed by atoms with van der Waals surface area (Å²) in [4.78, 5) is 12.2. The standard InChI is InChI=1S/C29H28NO2P/c1-29(33(31,32)27-18-10-15-21-11-6-8-16-24(21)27)25-17-9-7-12-22(25)19-20-26(29)28(30-2)23-13-4-3-5-14-23/h3-20,26,28,30H,1-2H3,(H,31,32)/t26-,28+,29-/m0/s1. The zero-order valence-corrected chi connectivity index (χ0v) is 19.7. The van der Waals surface area contributed by atoms with Crippen LogP contribution in [0.5, 0.6) is 0 Å². The lowest BCUT2D eigenvalue weighted by molar-refractivity contribution is 0.326. The molecule has 166 valence electrons. The molecule has 0 amide bonds. The molecule has 4 aromatic carbocycles. The summed E-state index contributed by atoms with van der Waals surface area (Å²) in [6.45, 7) is 1.97. The van der Waals surface area contributed by atoms with Crippen LogP contribution < -0.4 is 10.6 Å². The monoisotopic (exact) mass is 453 g/mol. The SMILES string of the molecule is CN[C@H](c1ccccc1)[C@@H]1C=Cc2ccccc2[C@]1(C)P(=O)(O)c1cccc2ccccc12. The lowest BCUT2D eigenvalue weighted by Crippen LogP contribution is -2.43. The van der Waals surface area contributed by atoms with Crippen molar-refractivity contribution < 1.29 is 9.46 Å². The van der Waals surface area contributed by atoms with Crippen LogP contribution in [0.1, 0.15) is 29.7 Å². The van der Waals surface area contributed by atoms with Gasteiger partial charge in [0.2, 0.25) is 7.37 Å². The van der Waals surface area contributed by atoms with Gasteiger partial charge in [-0.3, -0.25) is 4.57 Å². The molecule has 2 N–H and O–H groups in total. The van der Waals surface area contributed by atoms with Crippen molar-refractivity contribution in [2.45, 2.75) is 18.1 Å². The third kappa shape index (κ3) is 3.40. The number of nitrogens with one attached hydrogen (secondary N) is 1. The predicted molar refractivity (Wildman–Crippen MR) is 138 cm³/mol. The Labute approximate surface area is 195 Å². The highest BCUT2D eigenvalue weighted by Crippen LogP contribution is 2.67. The predicted octanol–water partition coefficient (Wildman–Crippen LogP) is 6.25. The molecule has 0 aromatic heterocycles. The first kappa shape index (κ1) is 21.9. The van der Waals surface area contributed by atoms with E-state index in [4.69, 9.17) is 0 Å². The van der Waals surface area contributed by atoms with Gasteiger partial charge in [0.25, 0.3) is 0 Å². The minimum Gasteiger partial charge on any atom is -0.340 e. The second-order valence-electron chi connectivity index (χ2n) is 8.87. The van der Waals surface area contributed by atoms with E-state index in [0.717, 1.165) is 27.5 Å². The van der Waals surface area contributed by atoms with Crippen LogP contribution in [-0.2, 0) is 9.72 Å². The highest BCUT2D eigenvalue weighted by atomic mass is 31.2. The molecule has 1 unspecified atom stereocenters. The van der Waals surface area contributed by atoms with Gasteiger partial charge >= 0.3 is 0 Å². The molecular formula is C29H28NO2P. The largest absolute Gasteiger partial charge is 0.340 e. The topological polar surface area (TPSA) is 49.3 Å². The molecule has 4 aromatic rings. The van der Waals surface area contributed by atoms with Crippen LogP contribution in [0.3, 0.4) is 0 Å². The molecule has 0 saturated heterocycles. The van der Waals surface area contributed by atoms with Gasteiger partial charge in [0.15, 0.2) is 0 Å². The van der Waals surface area contributed by atoms with Crippen LogP contribution in [0.25, 0.3) is 16.8 Å². The molecule has 1 aliphatic rings. The Morgan fingerprint density at radius 3 is 2.33 bits per heavy atom. The molecule has 4 heteroatoms. The number of fused-ring (bicyclic) bond motifs is 2. The van der Waals surface area contributed by atoms with Gasteiger partial charge in [-0.2, -0.15) is 0 Å². The summed E-state index contributed by atoms with van der Waals surface area (Å²) >= 11 is 0. The van der Waals surface area contributed by atoms with Crippen molar-refractivity contribution in [3.05, 3.63) is 120 Å². The zero-order valence-electron chi connectivity index (χ0n) is 18.8. The second kappa shape index (κ2) is 8.43. The average molecular weight is 454 g/mol. The summed E-state index contributed by atoms with van der Waals surface area (Å²) < 4.78 is 14.8. The fraction of sp³-hybridized carbons (Fsp3) is 0.172. The van der Waals surface area contributed by atoms with E-state index in [2.05, 4.69) is 29.6 Å². The Kier molecular flexibility index (Phi) is 5.58. The summed E-state index contributed by atoms with van der Waals surface area (Å²) in [5, 5.41) is 4.73. The highest BCUT2D eigenvalue weighted by Gasteiger charge is 2.55. The zero-order chi connectivity index (χ0) is 23.1. The summed E-state index contributed by atoms with van der Waals surface area (Å²) in [5.41, 5.74) is 3.00. The molecule has 0 saturated carbocycles. The van der Waals surface area contributed by atoms with Gasteiger partial charge in [-0.15, -0.1) is 0 Å². The van der Waals surface area contributed by atoms with Crippen molar-refractivity contribution in [1.29, 1.82) is 0 Å². The molecule has 0 heterocycles. The average Bonchev–Trinajstić information content (AvgIpc) is 2.86. The fourth-order valence-electron chi connectivity index (χ4n) is 5.42. The third-order valence-corrected chi connectivity index (χ3v) is 10.0. The van der Waals surface area contributed by atoms with Crippen molar-refractivity contribution in [3.63, 3.8) is 0 Å². The van der Waals surface area contributed by atoms with E-state index in [1.807, 2.05) is 98.9 Å². The Bertz CT molecular complexity index is 1380. The first-order chi connectivity index (χ1) is 16.0. The van der Waals surface area contributed by atoms with Crippen LogP contribution in [0.2, 0.25) is 0 Å². The lowest BCUT2D eigenvalue weighted by Gasteiger charge is -2.46. The van der Waals surface area contributed by atoms with Crippen molar-refractivity contribution in [2.75, 3.05) is 7.05 Å². The molecule has 1 aliphatic carbocycles. The molecule has 33 heavy (non-hydrogen) atoms. The number of benzene rings is 4. The number of hydrogen-bond donors (Lipinski definition) is 2. The Hall–Kier alpha value is -2.97. The maximum Gasteiger partial charge on any atom is 0.240 e. The molecule has 3 nitrogen and oxygen atoms in total. The first-order valence-corrected chi connectivity index (χ1v) is 13.0. The van der Waals surface area contributed by atoms with Gasteiger partial charge in [0, 0.05) is 17.3 Å². The molecule has 0 aliphatic heterocycles. The lowest BCUT2D eigenvalue weighted by atomic mass is 9.74. The van der Waals surface area contributed by atoms with E-state index < -0.39 is 12.5 Å². The van der Waals surface area contributed by atoms with Gasteiger partial charge in [-0.1, -0.05) is 103 Å². The maximum atomic E-state index is 14.8. The van der Waals surface area contributed by atoms with Gasteiger partial charge in [0.1, 0.15) is 0 Å². The van der Waals surface area contributed by atoms with Gasteiger partial charge in [-0.05, 0) is 47.5 Å².